The van der Waals surface area contributed by atoms with Gasteiger partial charge >= 0.3 is 20.4 Å². The van der Waals surface area contributed by atoms with E-state index < -0.39 is 10.1 Å². The second-order valence-corrected chi connectivity index (χ2v) is 16.0. The van der Waals surface area contributed by atoms with Crippen LogP contribution >= 0.6 is 7.92 Å². The first kappa shape index (κ1) is 35.3. The third-order valence-electron chi connectivity index (χ3n) is 4.89. The molecule has 0 radical (unpaired) electrons. The molecule has 3 aromatic carbocycles. The molecule has 0 atom stereocenters. The van der Waals surface area contributed by atoms with Crippen molar-refractivity contribution < 1.29 is 33.4 Å². The van der Waals surface area contributed by atoms with E-state index in [0.29, 0.717) is 22.3 Å². The maximum absolute atomic E-state index is 9.19. The molecule has 0 aliphatic heterocycles. The van der Waals surface area contributed by atoms with Gasteiger partial charge in [-0.15, -0.1) is 41.5 Å². The molecule has 0 fully saturated rings. The summed E-state index contributed by atoms with van der Waals surface area (Å²) in [6.07, 6.45) is 0.715. The summed E-state index contributed by atoms with van der Waals surface area (Å²) < 4.78 is 25.9. The van der Waals surface area contributed by atoms with Crippen LogP contribution in [0, 0.1) is 6.07 Å². The Kier molecular flexibility index (Phi) is 14.3. The molecule has 2 N–H and O–H groups in total. The van der Waals surface area contributed by atoms with Crippen molar-refractivity contribution >= 4 is 34.7 Å². The van der Waals surface area contributed by atoms with Crippen LogP contribution in [0.5, 0.6) is 0 Å². The molecule has 37 heavy (non-hydrogen) atoms. The van der Waals surface area contributed by atoms with E-state index in [-0.39, 0.29) is 28.3 Å². The number of hydrogen-bond acceptors (Lipinski definition) is 3. The zero-order valence-electron chi connectivity index (χ0n) is 23.3. The van der Waals surface area contributed by atoms with E-state index in [9.17, 15) is 8.42 Å². The normalized spacial score (nSPS) is 11.3. The SMILES string of the molecule is CN(C)c1ccc(P(C(C)(C)C)C(C)(C)C)cc1.CS(=O)(=O)O.[NH-]c1ccccc1-c1[c-]cccc1.[Pd+2]. The van der Waals surface area contributed by atoms with E-state index in [1.165, 1.54) is 11.0 Å². The number of hydrogen-bond donors (Lipinski definition) is 1. The van der Waals surface area contributed by atoms with Crippen LogP contribution in [-0.2, 0) is 30.5 Å². The smallest absolute Gasteiger partial charge is 0.706 e. The Morgan fingerprint density at radius 2 is 1.30 bits per heavy atom. The van der Waals surface area contributed by atoms with Gasteiger partial charge in [-0.1, -0.05) is 85.9 Å². The summed E-state index contributed by atoms with van der Waals surface area (Å²) in [4.78, 5) is 2.15. The van der Waals surface area contributed by atoms with Crippen LogP contribution in [0.15, 0.2) is 72.8 Å². The van der Waals surface area contributed by atoms with Crippen LogP contribution in [0.2, 0.25) is 0 Å². The van der Waals surface area contributed by atoms with Crippen molar-refractivity contribution in [1.29, 1.82) is 0 Å². The van der Waals surface area contributed by atoms with E-state index in [0.717, 1.165) is 11.1 Å². The molecule has 3 rings (SSSR count). The molecule has 0 aromatic heterocycles. The summed E-state index contributed by atoms with van der Waals surface area (Å²) in [6.45, 7) is 14.2. The molecule has 3 aromatic rings. The van der Waals surface area contributed by atoms with E-state index >= 15 is 0 Å². The topological polar surface area (TPSA) is 81.4 Å². The Bertz CT molecular complexity index is 1150. The molecular formula is C29H41N2O3PPdS. The van der Waals surface area contributed by atoms with Crippen LogP contribution in [-0.4, -0.2) is 43.6 Å². The summed E-state index contributed by atoms with van der Waals surface area (Å²) in [5.41, 5.74) is 11.4. The van der Waals surface area contributed by atoms with Crippen LogP contribution in [0.3, 0.4) is 0 Å². The number of anilines is 1. The molecule has 0 bridgehead atoms. The van der Waals surface area contributed by atoms with Crippen LogP contribution < -0.4 is 10.2 Å². The molecule has 0 saturated carbocycles. The first-order chi connectivity index (χ1) is 16.4. The standard InChI is InChI=1S/C16H28NP.C12H9N.CH4O3S.Pd/c1-15(2,3)18(16(4,5)6)14-11-9-13(10-12-14)17(7)8;13-12-9-5-4-8-11(12)10-6-2-1-3-7-10;1-5(2,3)4;/h9-12H,1-8H3;1-6,8-9,13H;1H3,(H,2,3,4);/q;-2;;+2. The monoisotopic (exact) mass is 634 g/mol. The Morgan fingerprint density at radius 3 is 1.68 bits per heavy atom. The van der Waals surface area contributed by atoms with Crippen molar-refractivity contribution in [2.24, 2.45) is 0 Å². The van der Waals surface area contributed by atoms with Gasteiger partial charge in [-0.3, -0.25) is 4.55 Å². The Balaban J connectivity index is 0.000000596. The Morgan fingerprint density at radius 1 is 0.838 bits per heavy atom. The maximum atomic E-state index is 9.19. The van der Waals surface area contributed by atoms with Gasteiger partial charge < -0.3 is 10.6 Å². The minimum absolute atomic E-state index is 0. The number of nitrogens with one attached hydrogen (secondary N) is 1. The molecule has 0 unspecified atom stereocenters. The Hall–Kier alpha value is -1.74. The average Bonchev–Trinajstić information content (AvgIpc) is 2.72. The molecule has 0 amide bonds. The van der Waals surface area contributed by atoms with Crippen molar-refractivity contribution in [3.63, 3.8) is 0 Å². The van der Waals surface area contributed by atoms with Crippen LogP contribution in [0.1, 0.15) is 41.5 Å². The first-order valence-corrected chi connectivity index (χ1v) is 14.9. The fourth-order valence-electron chi connectivity index (χ4n) is 3.96. The fraction of sp³-hybridized carbons (Fsp3) is 0.379. The predicted octanol–water partition coefficient (Wildman–Crippen LogP) is 7.80. The fourth-order valence-corrected chi connectivity index (χ4v) is 7.97. The maximum Gasteiger partial charge on any atom is 2.00 e. The second-order valence-electron chi connectivity index (χ2n) is 10.6. The molecule has 5 nitrogen and oxygen atoms in total. The molecule has 206 valence electrons. The van der Waals surface area contributed by atoms with Gasteiger partial charge in [0.2, 0.25) is 0 Å². The summed E-state index contributed by atoms with van der Waals surface area (Å²) >= 11 is 0. The molecule has 0 spiro atoms. The summed E-state index contributed by atoms with van der Waals surface area (Å²) in [6, 6.07) is 27.5. The number of benzene rings is 3. The molecule has 0 heterocycles. The van der Waals surface area contributed by atoms with Gasteiger partial charge in [0, 0.05) is 19.8 Å². The van der Waals surface area contributed by atoms with Crippen molar-refractivity contribution in [2.75, 3.05) is 25.3 Å². The first-order valence-electron chi connectivity index (χ1n) is 11.7. The average molecular weight is 635 g/mol. The van der Waals surface area contributed by atoms with Gasteiger partial charge in [-0.25, -0.2) is 0 Å². The number of rotatable bonds is 3. The largest absolute Gasteiger partial charge is 2.00 e. The minimum atomic E-state index is -3.67. The van der Waals surface area contributed by atoms with Gasteiger partial charge in [0.25, 0.3) is 10.1 Å². The third kappa shape index (κ3) is 13.6. The van der Waals surface area contributed by atoms with Gasteiger partial charge in [-0.2, -0.15) is 14.1 Å². The predicted molar refractivity (Wildman–Crippen MR) is 159 cm³/mol. The molecule has 8 heteroatoms. The number of nitrogens with zero attached hydrogens (tertiary/aromatic N) is 1. The minimum Gasteiger partial charge on any atom is -0.706 e. The van der Waals surface area contributed by atoms with Crippen molar-refractivity contribution in [3.8, 4) is 11.1 Å². The van der Waals surface area contributed by atoms with Crippen LogP contribution in [0.25, 0.3) is 16.9 Å². The zero-order chi connectivity index (χ0) is 27.7. The van der Waals surface area contributed by atoms with Crippen LogP contribution in [0.4, 0.5) is 11.4 Å². The second kappa shape index (κ2) is 15.0. The summed E-state index contributed by atoms with van der Waals surface area (Å²) in [7, 11) is 0.323. The van der Waals surface area contributed by atoms with Gasteiger partial charge in [-0.05, 0) is 27.7 Å². The molecule has 0 saturated heterocycles. The van der Waals surface area contributed by atoms with Crippen molar-refractivity contribution in [3.05, 3.63) is 84.6 Å². The van der Waals surface area contributed by atoms with E-state index in [2.05, 4.69) is 90.9 Å². The van der Waals surface area contributed by atoms with Crippen molar-refractivity contribution in [1.82, 2.24) is 0 Å². The summed E-state index contributed by atoms with van der Waals surface area (Å²) in [5.74, 6) is 0. The van der Waals surface area contributed by atoms with Gasteiger partial charge in [0.1, 0.15) is 0 Å². The molecular weight excluding hydrogens is 594 g/mol. The van der Waals surface area contributed by atoms with Gasteiger partial charge in [0.05, 0.1) is 6.26 Å². The third-order valence-corrected chi connectivity index (χ3v) is 8.39. The zero-order valence-corrected chi connectivity index (χ0v) is 26.6. The van der Waals surface area contributed by atoms with E-state index in [1.54, 1.807) is 6.07 Å². The Labute approximate surface area is 240 Å². The van der Waals surface area contributed by atoms with E-state index in [1.807, 2.05) is 42.5 Å². The van der Waals surface area contributed by atoms with E-state index in [4.69, 9.17) is 10.3 Å². The van der Waals surface area contributed by atoms with Gasteiger partial charge in [0.15, 0.2) is 0 Å². The van der Waals surface area contributed by atoms with Crippen molar-refractivity contribution in [2.45, 2.75) is 51.9 Å². The molecule has 0 aliphatic carbocycles. The summed E-state index contributed by atoms with van der Waals surface area (Å²) in [5, 5.41) is 2.19. The quantitative estimate of drug-likeness (QED) is 0.138. The molecule has 0 aliphatic rings.